The lowest BCUT2D eigenvalue weighted by atomic mass is 9.76. The van der Waals surface area contributed by atoms with Gasteiger partial charge in [0.25, 0.3) is 0 Å². The molecular weight excluding hydrogens is 565 g/mol. The van der Waals surface area contributed by atoms with Gasteiger partial charge in [0.15, 0.2) is 0 Å². The third-order valence-corrected chi connectivity index (χ3v) is 7.71. The van der Waals surface area contributed by atoms with Crippen molar-refractivity contribution in [2.75, 3.05) is 0 Å². The molecule has 0 bridgehead atoms. The van der Waals surface area contributed by atoms with Gasteiger partial charge in [-0.2, -0.15) is 0 Å². The summed E-state index contributed by atoms with van der Waals surface area (Å²) in [5, 5.41) is 0. The van der Waals surface area contributed by atoms with Crippen molar-refractivity contribution in [3.63, 3.8) is 0 Å². The molecule has 7 aromatic carbocycles. The SMILES string of the molecule is [2H]c1c([2H])c([2H])c(-c2cc(-c3cccc(-c4cc(-c5c([2H])c([2H])c([2H])c([2H])c5[2H])cc(-c5c([2H])c([2H])c(C)c([2H])c5[2H])c4)c3C(C)(C)C)cc(-c3c([2H])c([2H])c([2H])c([2H])c3[2H])c2)c([2H])c1[2H]. The minimum atomic E-state index is -0.795. The summed E-state index contributed by atoms with van der Waals surface area (Å²) in [4.78, 5) is 0. The van der Waals surface area contributed by atoms with Crippen LogP contribution in [0.5, 0.6) is 0 Å². The van der Waals surface area contributed by atoms with Gasteiger partial charge < -0.3 is 0 Å². The quantitative estimate of drug-likeness (QED) is 0.173. The lowest BCUT2D eigenvalue weighted by Gasteiger charge is -2.28. The highest BCUT2D eigenvalue weighted by Crippen LogP contribution is 2.44. The molecule has 0 radical (unpaired) electrons. The summed E-state index contributed by atoms with van der Waals surface area (Å²) in [7, 11) is 0. The first kappa shape index (κ1) is 15.4. The summed E-state index contributed by atoms with van der Waals surface area (Å²) in [5.74, 6) is 0. The second-order valence-corrected chi connectivity index (χ2v) is 12.1. The minimum absolute atomic E-state index is 0.0877. The van der Waals surface area contributed by atoms with Crippen LogP contribution >= 0.6 is 0 Å². The van der Waals surface area contributed by atoms with E-state index in [2.05, 4.69) is 0 Å². The summed E-state index contributed by atoms with van der Waals surface area (Å²) in [5.41, 5.74) is 1.48. The summed E-state index contributed by atoms with van der Waals surface area (Å²) in [6, 6.07) is 4.65. The van der Waals surface area contributed by atoms with E-state index in [-0.39, 0.29) is 74.2 Å². The Morgan fingerprint density at radius 1 is 0.383 bits per heavy atom. The normalized spacial score (nSPS) is 17.1. The lowest BCUT2D eigenvalue weighted by Crippen LogP contribution is -2.15. The fourth-order valence-electron chi connectivity index (χ4n) is 5.69. The van der Waals surface area contributed by atoms with Gasteiger partial charge in [0, 0.05) is 0 Å². The Hall–Kier alpha value is -5.46. The zero-order valence-corrected chi connectivity index (χ0v) is 26.2. The molecule has 0 unspecified atom stereocenters. The van der Waals surface area contributed by atoms with Crippen molar-refractivity contribution in [3.8, 4) is 66.8 Å². The molecule has 0 heterocycles. The van der Waals surface area contributed by atoms with Crippen molar-refractivity contribution in [3.05, 3.63) is 181 Å². The van der Waals surface area contributed by atoms with E-state index in [1.54, 1.807) is 42.5 Å². The highest BCUT2D eigenvalue weighted by Gasteiger charge is 2.24. The maximum Gasteiger partial charge on any atom is 0.0629 e. The lowest BCUT2D eigenvalue weighted by molar-refractivity contribution is 0.593. The molecule has 47 heavy (non-hydrogen) atoms. The van der Waals surface area contributed by atoms with E-state index < -0.39 is 96.1 Å². The highest BCUT2D eigenvalue weighted by molar-refractivity contribution is 5.88. The molecule has 0 fully saturated rings. The molecule has 0 heteroatoms. The van der Waals surface area contributed by atoms with E-state index in [0.29, 0.717) is 27.8 Å². The van der Waals surface area contributed by atoms with Crippen LogP contribution in [0.1, 0.15) is 57.9 Å². The van der Waals surface area contributed by atoms with Gasteiger partial charge in [-0.05, 0) is 121 Å². The first-order valence-corrected chi connectivity index (χ1v) is 15.0. The largest absolute Gasteiger partial charge is 0.0629 e. The Labute approximate surface area is 306 Å². The minimum Gasteiger partial charge on any atom is -0.0622 e. The molecule has 0 saturated carbocycles. The van der Waals surface area contributed by atoms with Crippen molar-refractivity contribution >= 4 is 0 Å². The Morgan fingerprint density at radius 3 is 1.04 bits per heavy atom. The van der Waals surface area contributed by atoms with Crippen LogP contribution in [-0.2, 0) is 5.41 Å². The van der Waals surface area contributed by atoms with Gasteiger partial charge in [-0.25, -0.2) is 0 Å². The third-order valence-electron chi connectivity index (χ3n) is 7.71. The fraction of sp³-hybridized carbons (Fsp3) is 0.106. The monoisotopic (exact) mass is 623 g/mol. The second kappa shape index (κ2) is 12.7. The number of hydrogen-bond acceptors (Lipinski definition) is 0. The molecule has 0 atom stereocenters. The molecule has 0 N–H and O–H groups in total. The van der Waals surface area contributed by atoms with Crippen molar-refractivity contribution in [1.29, 1.82) is 0 Å². The molecule has 228 valence electrons. The molecule has 0 aliphatic rings. The molecule has 0 aliphatic carbocycles. The molecule has 0 aliphatic heterocycles. The molecule has 0 saturated heterocycles. The maximum atomic E-state index is 8.98. The maximum absolute atomic E-state index is 8.98. The van der Waals surface area contributed by atoms with Crippen LogP contribution in [0.3, 0.4) is 0 Å². The third kappa shape index (κ3) is 6.46. The molecule has 0 amide bonds. The predicted octanol–water partition coefficient (Wildman–Crippen LogP) is 13.3. The van der Waals surface area contributed by atoms with Gasteiger partial charge in [0.1, 0.15) is 0 Å². The van der Waals surface area contributed by atoms with Gasteiger partial charge in [-0.15, -0.1) is 0 Å². The molecule has 0 spiro atoms. The topological polar surface area (TPSA) is 0 Å². The predicted molar refractivity (Wildman–Crippen MR) is 202 cm³/mol. The van der Waals surface area contributed by atoms with Crippen molar-refractivity contribution in [2.24, 2.45) is 0 Å². The summed E-state index contributed by atoms with van der Waals surface area (Å²) in [6.45, 7) is 7.20. The average molecular weight is 624 g/mol. The van der Waals surface area contributed by atoms with Gasteiger partial charge in [-0.3, -0.25) is 0 Å². The Morgan fingerprint density at radius 2 is 0.702 bits per heavy atom. The van der Waals surface area contributed by atoms with E-state index in [1.165, 1.54) is 19.1 Å². The average Bonchev–Trinajstić information content (AvgIpc) is 3.28. The van der Waals surface area contributed by atoms with Gasteiger partial charge >= 0.3 is 0 Å². The molecule has 0 aromatic heterocycles. The molecule has 7 rings (SSSR count). The molecular formula is C47H40. The second-order valence-electron chi connectivity index (χ2n) is 12.1. The van der Waals surface area contributed by atoms with E-state index in [4.69, 9.17) is 26.0 Å². The molecule has 0 nitrogen and oxygen atoms in total. The fourth-order valence-corrected chi connectivity index (χ4v) is 5.69. The van der Waals surface area contributed by atoms with Crippen molar-refractivity contribution in [2.45, 2.75) is 33.1 Å². The summed E-state index contributed by atoms with van der Waals surface area (Å²) in [6.07, 6.45) is 0. The zero-order valence-electron chi connectivity index (χ0n) is 45.2. The van der Waals surface area contributed by atoms with Gasteiger partial charge in [0.05, 0.1) is 26.0 Å². The van der Waals surface area contributed by atoms with Crippen LogP contribution in [0.2, 0.25) is 0 Å². The summed E-state index contributed by atoms with van der Waals surface area (Å²) >= 11 is 0. The van der Waals surface area contributed by atoms with Gasteiger partial charge in [0.2, 0.25) is 0 Å². The van der Waals surface area contributed by atoms with Gasteiger partial charge in [-0.1, -0.05) is 159 Å². The number of hydrogen-bond donors (Lipinski definition) is 0. The van der Waals surface area contributed by atoms with E-state index in [9.17, 15) is 0 Å². The van der Waals surface area contributed by atoms with Crippen molar-refractivity contribution < 1.29 is 26.0 Å². The van der Waals surface area contributed by atoms with Crippen LogP contribution in [-0.4, -0.2) is 0 Å². The van der Waals surface area contributed by atoms with E-state index in [1.807, 2.05) is 20.8 Å². The van der Waals surface area contributed by atoms with E-state index >= 15 is 0 Å². The van der Waals surface area contributed by atoms with Crippen LogP contribution in [0.25, 0.3) is 66.8 Å². The summed E-state index contributed by atoms with van der Waals surface area (Å²) < 4.78 is 164. The molecule has 7 aromatic rings. The van der Waals surface area contributed by atoms with Crippen LogP contribution in [0.15, 0.2) is 169 Å². The van der Waals surface area contributed by atoms with Crippen molar-refractivity contribution in [1.82, 2.24) is 0 Å². The first-order valence-electron chi connectivity index (χ1n) is 24.5. The Balaban J connectivity index is 1.64. The highest BCUT2D eigenvalue weighted by atomic mass is 14.3. The first-order chi connectivity index (χ1) is 30.7. The number of rotatable bonds is 6. The van der Waals surface area contributed by atoms with E-state index in [0.717, 1.165) is 0 Å². The van der Waals surface area contributed by atoms with Crippen LogP contribution < -0.4 is 0 Å². The van der Waals surface area contributed by atoms with Crippen LogP contribution in [0, 0.1) is 6.92 Å². The zero-order chi connectivity index (χ0) is 48.9. The Kier molecular flexibility index (Phi) is 4.18. The number of benzene rings is 7. The van der Waals surface area contributed by atoms with Crippen LogP contribution in [0.4, 0.5) is 0 Å². The smallest absolute Gasteiger partial charge is 0.0622 e. The Bertz CT molecular complexity index is 2740. The standard InChI is InChI=1S/C47H40/c1-33-23-25-37(26-24-33)41-28-40(36-19-12-7-13-20-36)31-43(32-41)45-22-14-21-44(46(45)47(2,3)4)42-29-38(34-15-8-5-9-16-34)27-39(30-42)35-17-10-6-11-18-35/h5-32H,1-4H3/i5D,6D,7D,8D,9D,10D,11D,12D,13D,15D,16D,17D,18D,19D,20D,23D,24D,25D,26D.